The van der Waals surface area contributed by atoms with Crippen molar-refractivity contribution in [2.45, 2.75) is 106 Å². The number of hydrogen-bond acceptors (Lipinski definition) is 4. The third kappa shape index (κ3) is 7.79. The van der Waals surface area contributed by atoms with Gasteiger partial charge in [0.15, 0.2) is 0 Å². The summed E-state index contributed by atoms with van der Waals surface area (Å²) < 4.78 is 5.74. The van der Waals surface area contributed by atoms with E-state index in [0.717, 1.165) is 0 Å². The fraction of sp³-hybridized carbons (Fsp3) is 0.864. The van der Waals surface area contributed by atoms with E-state index < -0.39 is 33.6 Å². The van der Waals surface area contributed by atoms with Crippen molar-refractivity contribution in [1.29, 1.82) is 0 Å². The lowest BCUT2D eigenvalue weighted by molar-refractivity contribution is -0.175. The van der Waals surface area contributed by atoms with Gasteiger partial charge in [0.25, 0.3) is 0 Å². The van der Waals surface area contributed by atoms with Gasteiger partial charge in [-0.05, 0) is 60.3 Å². The van der Waals surface area contributed by atoms with Crippen molar-refractivity contribution in [3.05, 3.63) is 12.2 Å². The van der Waals surface area contributed by atoms with Gasteiger partial charge in [-0.2, -0.15) is 0 Å². The summed E-state index contributed by atoms with van der Waals surface area (Å²) in [5.74, 6) is -0.309. The van der Waals surface area contributed by atoms with Crippen molar-refractivity contribution < 1.29 is 19.7 Å². The molecule has 0 aromatic carbocycles. The molecule has 0 amide bonds. The van der Waals surface area contributed by atoms with Gasteiger partial charge in [-0.15, -0.1) is 0 Å². The van der Waals surface area contributed by atoms with Crippen LogP contribution < -0.4 is 0 Å². The summed E-state index contributed by atoms with van der Waals surface area (Å²) >= 11 is 0. The number of aliphatic hydroxyl groups excluding tert-OH is 1. The van der Waals surface area contributed by atoms with E-state index in [1.165, 1.54) is 0 Å². The number of carbonyl (C=O) groups is 1. The number of allylic oxidation sites excluding steroid dienone is 1. The van der Waals surface area contributed by atoms with E-state index in [9.17, 15) is 15.0 Å². The SMILES string of the molecule is CC=CC(C)(C)C(O)C(C)(C)CC(C)(C)C(=O)OC(C)(C)CC(C)(C)O. The molecule has 154 valence electrons. The van der Waals surface area contributed by atoms with Gasteiger partial charge in [-0.1, -0.05) is 39.8 Å². The molecule has 1 atom stereocenters. The maximum atomic E-state index is 12.8. The fourth-order valence-electron chi connectivity index (χ4n) is 4.30. The predicted molar refractivity (Wildman–Crippen MR) is 108 cm³/mol. The number of rotatable bonds is 9. The Bertz CT molecular complexity index is 505. The summed E-state index contributed by atoms with van der Waals surface area (Å²) in [5, 5.41) is 21.0. The molecule has 0 aliphatic rings. The molecule has 2 N–H and O–H groups in total. The number of hydrogen-bond donors (Lipinski definition) is 2. The number of carbonyl (C=O) groups excluding carboxylic acids is 1. The van der Waals surface area contributed by atoms with Crippen molar-refractivity contribution in [2.75, 3.05) is 0 Å². The first kappa shape index (κ1) is 25.1. The van der Waals surface area contributed by atoms with Crippen molar-refractivity contribution in [3.8, 4) is 0 Å². The smallest absolute Gasteiger partial charge is 0.312 e. The molecule has 0 aliphatic carbocycles. The molecule has 0 heterocycles. The molecule has 0 aromatic rings. The molecule has 26 heavy (non-hydrogen) atoms. The lowest BCUT2D eigenvalue weighted by Gasteiger charge is -2.43. The Morgan fingerprint density at radius 3 is 1.81 bits per heavy atom. The summed E-state index contributed by atoms with van der Waals surface area (Å²) in [7, 11) is 0. The molecule has 1 unspecified atom stereocenters. The maximum Gasteiger partial charge on any atom is 0.312 e. The van der Waals surface area contributed by atoms with Crippen LogP contribution in [0.3, 0.4) is 0 Å². The number of aliphatic hydroxyl groups is 2. The maximum absolute atomic E-state index is 12.8. The van der Waals surface area contributed by atoms with Gasteiger partial charge in [0.1, 0.15) is 5.60 Å². The van der Waals surface area contributed by atoms with E-state index >= 15 is 0 Å². The van der Waals surface area contributed by atoms with Crippen molar-refractivity contribution in [2.24, 2.45) is 16.2 Å². The van der Waals surface area contributed by atoms with Crippen LogP contribution in [-0.4, -0.2) is 33.5 Å². The van der Waals surface area contributed by atoms with E-state index in [-0.39, 0.29) is 5.97 Å². The normalized spacial score (nSPS) is 16.0. The third-order valence-electron chi connectivity index (χ3n) is 4.72. The zero-order valence-corrected chi connectivity index (χ0v) is 18.9. The van der Waals surface area contributed by atoms with E-state index in [1.807, 2.05) is 74.5 Å². The molecule has 0 aliphatic heterocycles. The second kappa shape index (κ2) is 8.02. The van der Waals surface area contributed by atoms with Gasteiger partial charge in [0.05, 0.1) is 17.1 Å². The molecule has 0 aromatic heterocycles. The molecular weight excluding hydrogens is 328 g/mol. The molecule has 0 saturated heterocycles. The van der Waals surface area contributed by atoms with Crippen LogP contribution in [0.5, 0.6) is 0 Å². The van der Waals surface area contributed by atoms with Crippen LogP contribution in [0.2, 0.25) is 0 Å². The van der Waals surface area contributed by atoms with Gasteiger partial charge < -0.3 is 14.9 Å². The van der Waals surface area contributed by atoms with Crippen molar-refractivity contribution >= 4 is 5.97 Å². The molecule has 0 spiro atoms. The summed E-state index contributed by atoms with van der Waals surface area (Å²) in [6, 6.07) is 0. The molecule has 0 radical (unpaired) electrons. The van der Waals surface area contributed by atoms with Gasteiger partial charge in [0, 0.05) is 11.8 Å². The quantitative estimate of drug-likeness (QED) is 0.448. The van der Waals surface area contributed by atoms with Crippen LogP contribution in [-0.2, 0) is 9.53 Å². The summed E-state index contributed by atoms with van der Waals surface area (Å²) in [4.78, 5) is 12.8. The van der Waals surface area contributed by atoms with Crippen LogP contribution in [0.15, 0.2) is 12.2 Å². The molecule has 4 heteroatoms. The first-order valence-electron chi connectivity index (χ1n) is 9.54. The van der Waals surface area contributed by atoms with Crippen molar-refractivity contribution in [3.63, 3.8) is 0 Å². The molecule has 0 bridgehead atoms. The minimum Gasteiger partial charge on any atom is -0.459 e. The molecule has 0 saturated carbocycles. The summed E-state index contributed by atoms with van der Waals surface area (Å²) in [6.07, 6.45) is 4.17. The van der Waals surface area contributed by atoms with E-state index in [2.05, 4.69) is 0 Å². The molecule has 4 nitrogen and oxygen atoms in total. The number of esters is 1. The lowest BCUT2D eigenvalue weighted by Crippen LogP contribution is -2.46. The highest BCUT2D eigenvalue weighted by molar-refractivity contribution is 5.76. The Morgan fingerprint density at radius 2 is 1.42 bits per heavy atom. The average molecular weight is 371 g/mol. The number of ether oxygens (including phenoxy) is 1. The van der Waals surface area contributed by atoms with Gasteiger partial charge in [0.2, 0.25) is 0 Å². The molecule has 0 fully saturated rings. The first-order chi connectivity index (χ1) is 11.3. The van der Waals surface area contributed by atoms with Crippen LogP contribution in [0.4, 0.5) is 0 Å². The fourth-order valence-corrected chi connectivity index (χ4v) is 4.30. The standard InChI is InChI=1S/C22H42O4/c1-12-13-18(2,3)16(23)19(4,5)14-20(6,7)17(24)26-22(10,11)15-21(8,9)25/h12-13,16,23,25H,14-15H2,1-11H3. The third-order valence-corrected chi connectivity index (χ3v) is 4.72. The van der Waals surface area contributed by atoms with E-state index in [1.54, 1.807) is 13.8 Å². The Balaban J connectivity index is 5.30. The summed E-state index contributed by atoms with van der Waals surface area (Å²) in [5.41, 5.74) is -3.31. The van der Waals surface area contributed by atoms with Crippen LogP contribution in [0.25, 0.3) is 0 Å². The second-order valence-corrected chi connectivity index (χ2v) is 10.9. The highest BCUT2D eigenvalue weighted by atomic mass is 16.6. The van der Waals surface area contributed by atoms with Crippen LogP contribution in [0, 0.1) is 16.2 Å². The monoisotopic (exact) mass is 370 g/mol. The predicted octanol–water partition coefficient (Wildman–Crippen LogP) is 4.87. The topological polar surface area (TPSA) is 66.8 Å². The van der Waals surface area contributed by atoms with E-state index in [0.29, 0.717) is 12.8 Å². The van der Waals surface area contributed by atoms with Gasteiger partial charge >= 0.3 is 5.97 Å². The average Bonchev–Trinajstić information content (AvgIpc) is 2.32. The van der Waals surface area contributed by atoms with Gasteiger partial charge in [-0.3, -0.25) is 4.79 Å². The first-order valence-corrected chi connectivity index (χ1v) is 9.54. The highest BCUT2D eigenvalue weighted by Gasteiger charge is 2.45. The Morgan fingerprint density at radius 1 is 0.962 bits per heavy atom. The van der Waals surface area contributed by atoms with Crippen molar-refractivity contribution in [1.82, 2.24) is 0 Å². The zero-order valence-electron chi connectivity index (χ0n) is 18.9. The minimum atomic E-state index is -0.917. The van der Waals surface area contributed by atoms with Gasteiger partial charge in [-0.25, -0.2) is 0 Å². The minimum absolute atomic E-state index is 0.309. The Hall–Kier alpha value is -0.870. The molecular formula is C22H42O4. The summed E-state index contributed by atoms with van der Waals surface area (Å²) in [6.45, 7) is 20.6. The Labute approximate surface area is 161 Å². The largest absolute Gasteiger partial charge is 0.459 e. The molecule has 0 rings (SSSR count). The van der Waals surface area contributed by atoms with Crippen LogP contribution >= 0.6 is 0 Å². The highest BCUT2D eigenvalue weighted by Crippen LogP contribution is 2.44. The second-order valence-electron chi connectivity index (χ2n) is 10.9. The zero-order chi connectivity index (χ0) is 21.2. The van der Waals surface area contributed by atoms with Crippen LogP contribution in [0.1, 0.15) is 89.0 Å². The van der Waals surface area contributed by atoms with E-state index in [4.69, 9.17) is 4.74 Å². The Kier molecular flexibility index (Phi) is 7.75. The lowest BCUT2D eigenvalue weighted by atomic mass is 9.65.